The Labute approximate surface area is 166 Å². The number of hydrogen-bond donors (Lipinski definition) is 1. The van der Waals surface area contributed by atoms with Gasteiger partial charge in [0.1, 0.15) is 0 Å². The van der Waals surface area contributed by atoms with Crippen molar-refractivity contribution in [3.8, 4) is 0 Å². The summed E-state index contributed by atoms with van der Waals surface area (Å²) in [6.07, 6.45) is 7.31. The maximum atomic E-state index is 12.9. The van der Waals surface area contributed by atoms with Crippen molar-refractivity contribution in [2.75, 3.05) is 25.0 Å². The molecule has 1 unspecified atom stereocenters. The van der Waals surface area contributed by atoms with Gasteiger partial charge in [0.05, 0.1) is 6.04 Å². The van der Waals surface area contributed by atoms with Crippen molar-refractivity contribution in [1.29, 1.82) is 0 Å². The van der Waals surface area contributed by atoms with Gasteiger partial charge < -0.3 is 19.7 Å². The van der Waals surface area contributed by atoms with Crippen LogP contribution in [0.4, 0.5) is 10.5 Å². The predicted octanol–water partition coefficient (Wildman–Crippen LogP) is 4.02. The lowest BCUT2D eigenvalue weighted by Gasteiger charge is -2.27. The van der Waals surface area contributed by atoms with Gasteiger partial charge in [-0.25, -0.2) is 4.79 Å². The highest BCUT2D eigenvalue weighted by molar-refractivity contribution is 5.97. The number of carbonyl (C=O) groups is 2. The van der Waals surface area contributed by atoms with Crippen molar-refractivity contribution in [2.45, 2.75) is 38.1 Å². The third-order valence-electron chi connectivity index (χ3n) is 5.84. The molecule has 1 N–H and O–H groups in total. The van der Waals surface area contributed by atoms with Gasteiger partial charge in [0.2, 0.25) is 0 Å². The molecule has 2 fully saturated rings. The Balaban J connectivity index is 1.46. The molecule has 2 aromatic rings. The minimum Gasteiger partial charge on any atom is -0.353 e. The van der Waals surface area contributed by atoms with E-state index in [9.17, 15) is 9.59 Å². The summed E-state index contributed by atoms with van der Waals surface area (Å²) < 4.78 is 2.08. The number of aromatic nitrogens is 1. The Kier molecular flexibility index (Phi) is 5.37. The fraction of sp³-hybridized carbons (Fsp3) is 0.455. The highest BCUT2D eigenvalue weighted by atomic mass is 16.2. The topological polar surface area (TPSA) is 57.6 Å². The van der Waals surface area contributed by atoms with Crippen molar-refractivity contribution in [2.24, 2.45) is 7.05 Å². The quantitative estimate of drug-likeness (QED) is 0.874. The summed E-state index contributed by atoms with van der Waals surface area (Å²) in [7, 11) is 2.01. The largest absolute Gasteiger partial charge is 0.353 e. The second-order valence-corrected chi connectivity index (χ2v) is 7.76. The number of piperidine rings is 1. The standard InChI is InChI=1S/C22H28N4O2/c1-24-12-6-10-19(24)20-11-7-15-26(20)22(28)23-18-9-5-8-17(16-18)21(27)25-13-3-2-4-14-25/h5-6,8-10,12,16,20H,2-4,7,11,13-15H2,1H3,(H,23,28). The maximum absolute atomic E-state index is 12.9. The predicted molar refractivity (Wildman–Crippen MR) is 109 cm³/mol. The van der Waals surface area contributed by atoms with Crippen molar-refractivity contribution in [3.05, 3.63) is 53.9 Å². The molecule has 6 heteroatoms. The number of hydrogen-bond acceptors (Lipinski definition) is 2. The molecule has 2 saturated heterocycles. The first-order valence-electron chi connectivity index (χ1n) is 10.2. The summed E-state index contributed by atoms with van der Waals surface area (Å²) in [4.78, 5) is 29.5. The van der Waals surface area contributed by atoms with E-state index in [0.717, 1.165) is 51.0 Å². The first-order valence-corrected chi connectivity index (χ1v) is 10.2. The molecule has 0 radical (unpaired) electrons. The molecule has 0 saturated carbocycles. The number of rotatable bonds is 3. The summed E-state index contributed by atoms with van der Waals surface area (Å²) in [5, 5.41) is 3.00. The lowest BCUT2D eigenvalue weighted by Crippen LogP contribution is -2.36. The molecule has 28 heavy (non-hydrogen) atoms. The van der Waals surface area contributed by atoms with Gasteiger partial charge in [-0.05, 0) is 62.4 Å². The first-order chi connectivity index (χ1) is 13.6. The lowest BCUT2D eigenvalue weighted by atomic mass is 10.1. The molecule has 2 aliphatic rings. The molecular weight excluding hydrogens is 352 g/mol. The lowest BCUT2D eigenvalue weighted by molar-refractivity contribution is 0.0724. The van der Waals surface area contributed by atoms with Crippen LogP contribution < -0.4 is 5.32 Å². The zero-order valence-corrected chi connectivity index (χ0v) is 16.4. The SMILES string of the molecule is Cn1cccc1C1CCCN1C(=O)Nc1cccc(C(=O)N2CCCCC2)c1. The van der Waals surface area contributed by atoms with Crippen molar-refractivity contribution in [3.63, 3.8) is 0 Å². The highest BCUT2D eigenvalue weighted by Gasteiger charge is 2.31. The summed E-state index contributed by atoms with van der Waals surface area (Å²) in [5.41, 5.74) is 2.46. The molecule has 1 atom stereocenters. The zero-order chi connectivity index (χ0) is 19.5. The molecular formula is C22H28N4O2. The first kappa shape index (κ1) is 18.6. The average molecular weight is 380 g/mol. The van der Waals surface area contributed by atoms with E-state index in [0.29, 0.717) is 11.3 Å². The second-order valence-electron chi connectivity index (χ2n) is 7.76. The number of nitrogens with zero attached hydrogens (tertiary/aromatic N) is 3. The summed E-state index contributed by atoms with van der Waals surface area (Å²) in [6.45, 7) is 2.39. The molecule has 1 aromatic carbocycles. The number of carbonyl (C=O) groups excluding carboxylic acids is 2. The summed E-state index contributed by atoms with van der Waals surface area (Å²) in [5.74, 6) is 0.0543. The minimum absolute atomic E-state index is 0.0543. The third-order valence-corrected chi connectivity index (χ3v) is 5.84. The van der Waals surface area contributed by atoms with Crippen LogP contribution in [0.25, 0.3) is 0 Å². The monoisotopic (exact) mass is 380 g/mol. The zero-order valence-electron chi connectivity index (χ0n) is 16.4. The van der Waals surface area contributed by atoms with E-state index in [2.05, 4.69) is 16.0 Å². The van der Waals surface area contributed by atoms with E-state index in [1.807, 2.05) is 47.3 Å². The number of anilines is 1. The molecule has 0 bridgehead atoms. The van der Waals surface area contributed by atoms with Crippen molar-refractivity contribution >= 4 is 17.6 Å². The maximum Gasteiger partial charge on any atom is 0.322 e. The van der Waals surface area contributed by atoms with Gasteiger partial charge in [-0.2, -0.15) is 0 Å². The minimum atomic E-state index is -0.105. The van der Waals surface area contributed by atoms with E-state index in [4.69, 9.17) is 0 Å². The number of benzene rings is 1. The Morgan fingerprint density at radius 3 is 2.57 bits per heavy atom. The molecule has 2 aliphatic heterocycles. The number of amides is 3. The van der Waals surface area contributed by atoms with Crippen LogP contribution in [0, 0.1) is 0 Å². The average Bonchev–Trinajstić information content (AvgIpc) is 3.37. The van der Waals surface area contributed by atoms with Crippen LogP contribution in [-0.2, 0) is 7.05 Å². The van der Waals surface area contributed by atoms with E-state index >= 15 is 0 Å². The van der Waals surface area contributed by atoms with Gasteiger partial charge in [-0.3, -0.25) is 4.79 Å². The Bertz CT molecular complexity index is 854. The molecule has 4 rings (SSSR count). The van der Waals surface area contributed by atoms with Crippen molar-refractivity contribution < 1.29 is 9.59 Å². The van der Waals surface area contributed by atoms with Gasteiger partial charge in [0.15, 0.2) is 0 Å². The van der Waals surface area contributed by atoms with Gasteiger partial charge in [-0.1, -0.05) is 6.07 Å². The van der Waals surface area contributed by atoms with E-state index in [-0.39, 0.29) is 18.0 Å². The second kappa shape index (κ2) is 8.09. The highest BCUT2D eigenvalue weighted by Crippen LogP contribution is 2.32. The van der Waals surface area contributed by atoms with E-state index in [1.54, 1.807) is 6.07 Å². The Morgan fingerprint density at radius 2 is 1.82 bits per heavy atom. The fourth-order valence-corrected chi connectivity index (χ4v) is 4.34. The van der Waals surface area contributed by atoms with Crippen LogP contribution in [0.1, 0.15) is 54.2 Å². The van der Waals surface area contributed by atoms with Crippen LogP contribution in [0.3, 0.4) is 0 Å². The summed E-state index contributed by atoms with van der Waals surface area (Å²) in [6, 6.07) is 11.4. The van der Waals surface area contributed by atoms with Crippen LogP contribution in [0.2, 0.25) is 0 Å². The molecule has 0 aliphatic carbocycles. The van der Waals surface area contributed by atoms with Crippen molar-refractivity contribution in [1.82, 2.24) is 14.4 Å². The Morgan fingerprint density at radius 1 is 1.00 bits per heavy atom. The number of nitrogens with one attached hydrogen (secondary N) is 1. The Hall–Kier alpha value is -2.76. The fourth-order valence-electron chi connectivity index (χ4n) is 4.34. The molecule has 3 heterocycles. The van der Waals surface area contributed by atoms with Crippen LogP contribution in [-0.4, -0.2) is 45.9 Å². The van der Waals surface area contributed by atoms with Crippen LogP contribution in [0.5, 0.6) is 0 Å². The number of aryl methyl sites for hydroxylation is 1. The molecule has 0 spiro atoms. The van der Waals surface area contributed by atoms with E-state index in [1.165, 1.54) is 6.42 Å². The summed E-state index contributed by atoms with van der Waals surface area (Å²) >= 11 is 0. The van der Waals surface area contributed by atoms with Gasteiger partial charge in [0.25, 0.3) is 5.91 Å². The van der Waals surface area contributed by atoms with Gasteiger partial charge >= 0.3 is 6.03 Å². The van der Waals surface area contributed by atoms with Gasteiger partial charge in [0, 0.05) is 49.8 Å². The molecule has 1 aromatic heterocycles. The van der Waals surface area contributed by atoms with Crippen LogP contribution >= 0.6 is 0 Å². The molecule has 3 amide bonds. The van der Waals surface area contributed by atoms with Gasteiger partial charge in [-0.15, -0.1) is 0 Å². The third kappa shape index (κ3) is 3.77. The number of likely N-dealkylation sites (tertiary alicyclic amines) is 2. The number of urea groups is 1. The smallest absolute Gasteiger partial charge is 0.322 e. The normalized spacial score (nSPS) is 19.7. The molecule has 6 nitrogen and oxygen atoms in total. The van der Waals surface area contributed by atoms with E-state index < -0.39 is 0 Å². The molecule has 148 valence electrons. The van der Waals surface area contributed by atoms with Crippen LogP contribution in [0.15, 0.2) is 42.6 Å².